The molecule has 2 unspecified atom stereocenters. The van der Waals surface area contributed by atoms with Gasteiger partial charge in [-0.3, -0.25) is 4.79 Å². The maximum atomic E-state index is 12.3. The number of hydrogen-bond donors (Lipinski definition) is 2. The largest absolute Gasteiger partial charge is 0.328 e. The summed E-state index contributed by atoms with van der Waals surface area (Å²) in [6.07, 6.45) is 6.25. The van der Waals surface area contributed by atoms with Gasteiger partial charge in [0.05, 0.1) is 0 Å². The van der Waals surface area contributed by atoms with E-state index in [-0.39, 0.29) is 17.9 Å². The second-order valence-electron chi connectivity index (χ2n) is 6.01. The summed E-state index contributed by atoms with van der Waals surface area (Å²) in [4.78, 5) is 17.7. The second kappa shape index (κ2) is 7.43. The predicted octanol–water partition coefficient (Wildman–Crippen LogP) is 3.84. The van der Waals surface area contributed by atoms with Gasteiger partial charge in [-0.2, -0.15) is 0 Å². The molecule has 1 aromatic carbocycles. The molecule has 3 N–H and O–H groups in total. The Morgan fingerprint density at radius 3 is 3.00 bits per heavy atom. The number of amides is 1. The number of benzene rings is 1. The van der Waals surface area contributed by atoms with Crippen LogP contribution in [0.4, 0.5) is 5.13 Å². The molecule has 0 saturated heterocycles. The van der Waals surface area contributed by atoms with E-state index in [2.05, 4.69) is 10.3 Å². The number of nitrogens with one attached hydrogen (secondary N) is 1. The summed E-state index contributed by atoms with van der Waals surface area (Å²) < 4.78 is 0. The minimum Gasteiger partial charge on any atom is -0.328 e. The Labute approximate surface area is 145 Å². The summed E-state index contributed by atoms with van der Waals surface area (Å²) in [5, 5.41) is 4.33. The lowest BCUT2D eigenvalue weighted by molar-refractivity contribution is -0.120. The summed E-state index contributed by atoms with van der Waals surface area (Å²) >= 11 is 7.68. The van der Waals surface area contributed by atoms with E-state index in [1.165, 1.54) is 11.3 Å². The van der Waals surface area contributed by atoms with Crippen molar-refractivity contribution in [2.75, 3.05) is 5.32 Å². The van der Waals surface area contributed by atoms with Gasteiger partial charge in [0.1, 0.15) is 0 Å². The highest BCUT2D eigenvalue weighted by Gasteiger charge is 2.25. The number of halogens is 1. The molecule has 23 heavy (non-hydrogen) atoms. The van der Waals surface area contributed by atoms with Crippen LogP contribution in [0.3, 0.4) is 0 Å². The van der Waals surface area contributed by atoms with Gasteiger partial charge in [0.25, 0.3) is 0 Å². The molecule has 2 aromatic rings. The molecule has 1 aliphatic carbocycles. The molecule has 4 nitrogen and oxygen atoms in total. The second-order valence-corrected chi connectivity index (χ2v) is 7.54. The molecular weight excluding hydrogens is 330 g/mol. The third kappa shape index (κ3) is 4.31. The molecular formula is C17H20ClN3OS. The molecule has 2 atom stereocenters. The summed E-state index contributed by atoms with van der Waals surface area (Å²) in [5.74, 6) is 0.0495. The van der Waals surface area contributed by atoms with Gasteiger partial charge < -0.3 is 11.1 Å². The van der Waals surface area contributed by atoms with Crippen LogP contribution in [0.1, 0.15) is 36.1 Å². The van der Waals surface area contributed by atoms with Gasteiger partial charge in [-0.25, -0.2) is 4.98 Å². The number of carbonyl (C=O) groups excluding carboxylic acids is 1. The lowest BCUT2D eigenvalue weighted by Gasteiger charge is -2.25. The molecule has 0 radical (unpaired) electrons. The van der Waals surface area contributed by atoms with Gasteiger partial charge in [-0.1, -0.05) is 36.2 Å². The molecule has 122 valence electrons. The van der Waals surface area contributed by atoms with Gasteiger partial charge in [0.2, 0.25) is 5.91 Å². The SMILES string of the molecule is NC1CCCC(C(=O)Nc2ncc(Cc3ccccc3Cl)s2)C1. The Bertz CT molecular complexity index is 688. The van der Waals surface area contributed by atoms with Crippen molar-refractivity contribution in [2.45, 2.75) is 38.1 Å². The van der Waals surface area contributed by atoms with Gasteiger partial charge in [0, 0.05) is 34.5 Å². The van der Waals surface area contributed by atoms with E-state index < -0.39 is 0 Å². The fourth-order valence-corrected chi connectivity index (χ4v) is 3.99. The molecule has 1 aliphatic rings. The average Bonchev–Trinajstić information content (AvgIpc) is 2.97. The first kappa shape index (κ1) is 16.4. The lowest BCUT2D eigenvalue weighted by Crippen LogP contribution is -2.34. The highest BCUT2D eigenvalue weighted by molar-refractivity contribution is 7.15. The van der Waals surface area contributed by atoms with Crippen molar-refractivity contribution in [3.8, 4) is 0 Å². The Morgan fingerprint density at radius 1 is 1.39 bits per heavy atom. The van der Waals surface area contributed by atoms with Crippen molar-refractivity contribution in [2.24, 2.45) is 11.7 Å². The molecule has 1 heterocycles. The molecule has 1 fully saturated rings. The van der Waals surface area contributed by atoms with E-state index in [0.29, 0.717) is 5.13 Å². The monoisotopic (exact) mass is 349 g/mol. The molecule has 1 aromatic heterocycles. The highest BCUT2D eigenvalue weighted by Crippen LogP contribution is 2.27. The van der Waals surface area contributed by atoms with E-state index in [0.717, 1.165) is 47.6 Å². The van der Waals surface area contributed by atoms with E-state index in [9.17, 15) is 4.79 Å². The van der Waals surface area contributed by atoms with Crippen LogP contribution in [0.5, 0.6) is 0 Å². The Balaban J connectivity index is 1.61. The maximum absolute atomic E-state index is 12.3. The number of nitrogens with zero attached hydrogens (tertiary/aromatic N) is 1. The molecule has 1 amide bonds. The van der Waals surface area contributed by atoms with Crippen molar-refractivity contribution in [3.63, 3.8) is 0 Å². The number of rotatable bonds is 4. The maximum Gasteiger partial charge on any atom is 0.229 e. The topological polar surface area (TPSA) is 68.0 Å². The van der Waals surface area contributed by atoms with Crippen LogP contribution in [0.25, 0.3) is 0 Å². The van der Waals surface area contributed by atoms with Crippen LogP contribution >= 0.6 is 22.9 Å². The third-order valence-corrected chi connectivity index (χ3v) is 5.47. The normalized spacial score (nSPS) is 21.1. The van der Waals surface area contributed by atoms with E-state index in [4.69, 9.17) is 17.3 Å². The standard InChI is InChI=1S/C17H20ClN3OS/c18-15-7-2-1-4-11(15)9-14-10-20-17(23-14)21-16(22)12-5-3-6-13(19)8-12/h1-2,4,7,10,12-13H,3,5-6,8-9,19H2,(H,20,21,22). The van der Waals surface area contributed by atoms with Gasteiger partial charge in [-0.05, 0) is 30.9 Å². The fraction of sp³-hybridized carbons (Fsp3) is 0.412. The minimum atomic E-state index is 0.00895. The van der Waals surface area contributed by atoms with Gasteiger partial charge in [-0.15, -0.1) is 11.3 Å². The van der Waals surface area contributed by atoms with Crippen molar-refractivity contribution in [1.29, 1.82) is 0 Å². The summed E-state index contributed by atoms with van der Waals surface area (Å²) in [6.45, 7) is 0. The number of hydrogen-bond acceptors (Lipinski definition) is 4. The summed E-state index contributed by atoms with van der Waals surface area (Å²) in [7, 11) is 0. The average molecular weight is 350 g/mol. The van der Waals surface area contributed by atoms with Crippen molar-refractivity contribution < 1.29 is 4.79 Å². The molecule has 0 aliphatic heterocycles. The minimum absolute atomic E-state index is 0.00895. The van der Waals surface area contributed by atoms with Crippen LogP contribution in [-0.4, -0.2) is 16.9 Å². The first-order chi connectivity index (χ1) is 11.1. The number of carbonyl (C=O) groups is 1. The van der Waals surface area contributed by atoms with E-state index in [1.54, 1.807) is 6.20 Å². The third-order valence-electron chi connectivity index (χ3n) is 4.19. The van der Waals surface area contributed by atoms with E-state index >= 15 is 0 Å². The molecule has 6 heteroatoms. The zero-order valence-electron chi connectivity index (χ0n) is 12.8. The van der Waals surface area contributed by atoms with Crippen LogP contribution < -0.4 is 11.1 Å². The fourth-order valence-electron chi connectivity index (χ4n) is 2.95. The highest BCUT2D eigenvalue weighted by atomic mass is 35.5. The molecule has 0 spiro atoms. The lowest BCUT2D eigenvalue weighted by atomic mass is 9.86. The zero-order valence-corrected chi connectivity index (χ0v) is 14.4. The molecule has 1 saturated carbocycles. The molecule has 3 rings (SSSR count). The van der Waals surface area contributed by atoms with Crippen molar-refractivity contribution in [3.05, 3.63) is 45.9 Å². The van der Waals surface area contributed by atoms with Gasteiger partial charge in [0.15, 0.2) is 5.13 Å². The van der Waals surface area contributed by atoms with Crippen LogP contribution in [0.15, 0.2) is 30.5 Å². The number of aromatic nitrogens is 1. The Hall–Kier alpha value is -1.43. The number of anilines is 1. The number of nitrogens with two attached hydrogens (primary N) is 1. The Morgan fingerprint density at radius 2 is 2.22 bits per heavy atom. The van der Waals surface area contributed by atoms with Crippen LogP contribution in [0, 0.1) is 5.92 Å². The smallest absolute Gasteiger partial charge is 0.229 e. The first-order valence-electron chi connectivity index (χ1n) is 7.86. The van der Waals surface area contributed by atoms with Crippen molar-refractivity contribution in [1.82, 2.24) is 4.98 Å². The predicted molar refractivity (Wildman–Crippen MR) is 94.9 cm³/mol. The van der Waals surface area contributed by atoms with Crippen LogP contribution in [-0.2, 0) is 11.2 Å². The summed E-state index contributed by atoms with van der Waals surface area (Å²) in [6, 6.07) is 7.92. The number of thiazole rings is 1. The zero-order chi connectivity index (χ0) is 16.2. The van der Waals surface area contributed by atoms with Gasteiger partial charge >= 0.3 is 0 Å². The van der Waals surface area contributed by atoms with Crippen molar-refractivity contribution >= 4 is 34.0 Å². The Kier molecular flexibility index (Phi) is 5.30. The quantitative estimate of drug-likeness (QED) is 0.881. The first-order valence-corrected chi connectivity index (χ1v) is 9.06. The van der Waals surface area contributed by atoms with Crippen LogP contribution in [0.2, 0.25) is 5.02 Å². The molecule has 0 bridgehead atoms. The summed E-state index contributed by atoms with van der Waals surface area (Å²) in [5.41, 5.74) is 7.02. The van der Waals surface area contributed by atoms with E-state index in [1.807, 2.05) is 24.3 Å².